The van der Waals surface area contributed by atoms with Gasteiger partial charge in [-0.05, 0) is 36.8 Å². The molecule has 23 heavy (non-hydrogen) atoms. The molecule has 0 radical (unpaired) electrons. The number of hydrogen-bond donors (Lipinski definition) is 1. The third kappa shape index (κ3) is 3.84. The Labute approximate surface area is 137 Å². The van der Waals surface area contributed by atoms with Crippen LogP contribution in [0.2, 0.25) is 0 Å². The summed E-state index contributed by atoms with van der Waals surface area (Å²) in [6.45, 7) is 1.16. The van der Waals surface area contributed by atoms with Crippen LogP contribution in [0.25, 0.3) is 0 Å². The van der Waals surface area contributed by atoms with Crippen molar-refractivity contribution in [3.05, 3.63) is 30.3 Å². The molecule has 0 bridgehead atoms. The topological polar surface area (TPSA) is 58.6 Å². The molecule has 0 spiro atoms. The second-order valence-corrected chi connectivity index (χ2v) is 6.57. The fraction of sp³-hybridized carbons (Fsp3) is 0.556. The lowest BCUT2D eigenvalue weighted by molar-refractivity contribution is -0.132. The van der Waals surface area contributed by atoms with Gasteiger partial charge in [-0.25, -0.2) is 0 Å². The van der Waals surface area contributed by atoms with Crippen LogP contribution in [-0.4, -0.2) is 43.0 Å². The van der Waals surface area contributed by atoms with E-state index in [0.717, 1.165) is 25.1 Å². The smallest absolute Gasteiger partial charge is 0.225 e. The highest BCUT2D eigenvalue weighted by atomic mass is 16.5. The number of carbonyl (C=O) groups excluding carboxylic acids is 2. The van der Waals surface area contributed by atoms with Crippen LogP contribution in [0, 0.1) is 11.8 Å². The van der Waals surface area contributed by atoms with E-state index in [1.54, 1.807) is 0 Å². The van der Waals surface area contributed by atoms with E-state index in [9.17, 15) is 9.59 Å². The van der Waals surface area contributed by atoms with Crippen LogP contribution in [0.1, 0.15) is 25.7 Å². The zero-order valence-electron chi connectivity index (χ0n) is 13.5. The molecule has 2 aliphatic rings. The minimum atomic E-state index is 0.115. The molecule has 1 aliphatic carbocycles. The van der Waals surface area contributed by atoms with E-state index >= 15 is 0 Å². The molecule has 0 aromatic heterocycles. The minimum absolute atomic E-state index is 0.115. The van der Waals surface area contributed by atoms with Crippen LogP contribution in [-0.2, 0) is 9.59 Å². The van der Waals surface area contributed by atoms with Crippen LogP contribution in [0.15, 0.2) is 30.3 Å². The van der Waals surface area contributed by atoms with Crippen molar-refractivity contribution in [2.75, 3.05) is 20.2 Å². The third-order valence-electron chi connectivity index (χ3n) is 5.09. The Morgan fingerprint density at radius 3 is 2.78 bits per heavy atom. The van der Waals surface area contributed by atoms with Crippen LogP contribution in [0.4, 0.5) is 0 Å². The van der Waals surface area contributed by atoms with Crippen molar-refractivity contribution in [2.24, 2.45) is 11.8 Å². The van der Waals surface area contributed by atoms with Crippen LogP contribution < -0.4 is 10.1 Å². The van der Waals surface area contributed by atoms with E-state index in [-0.39, 0.29) is 17.9 Å². The van der Waals surface area contributed by atoms with Gasteiger partial charge in [-0.15, -0.1) is 0 Å². The Kier molecular flexibility index (Phi) is 4.84. The number of carbonyl (C=O) groups is 2. The second-order valence-electron chi connectivity index (χ2n) is 6.57. The first-order valence-corrected chi connectivity index (χ1v) is 8.33. The average molecular weight is 316 g/mol. The predicted octanol–water partition coefficient (Wildman–Crippen LogP) is 1.83. The Balaban J connectivity index is 1.45. The van der Waals surface area contributed by atoms with E-state index in [1.807, 2.05) is 42.3 Å². The summed E-state index contributed by atoms with van der Waals surface area (Å²) in [4.78, 5) is 25.7. The molecule has 3 rings (SSSR count). The molecule has 0 unspecified atom stereocenters. The van der Waals surface area contributed by atoms with E-state index in [1.165, 1.54) is 0 Å². The summed E-state index contributed by atoms with van der Waals surface area (Å²) in [5.74, 6) is 2.01. The molecule has 1 aromatic rings. The summed E-state index contributed by atoms with van der Waals surface area (Å²) in [6.07, 6.45) is 2.93. The molecule has 2 fully saturated rings. The van der Waals surface area contributed by atoms with Gasteiger partial charge < -0.3 is 15.0 Å². The lowest BCUT2D eigenvalue weighted by Gasteiger charge is -2.25. The normalized spacial score (nSPS) is 26.3. The van der Waals surface area contributed by atoms with E-state index in [4.69, 9.17) is 4.74 Å². The van der Waals surface area contributed by atoms with Crippen LogP contribution in [0.3, 0.4) is 0 Å². The van der Waals surface area contributed by atoms with Gasteiger partial charge in [-0.2, -0.15) is 0 Å². The predicted molar refractivity (Wildman–Crippen MR) is 87.0 cm³/mol. The number of amides is 2. The number of nitrogens with one attached hydrogen (secondary N) is 1. The highest BCUT2D eigenvalue weighted by Crippen LogP contribution is 2.38. The summed E-state index contributed by atoms with van der Waals surface area (Å²) in [6, 6.07) is 9.80. The largest absolute Gasteiger partial charge is 0.493 e. The van der Waals surface area contributed by atoms with Gasteiger partial charge in [0.25, 0.3) is 0 Å². The number of fused-ring (bicyclic) bond motifs is 1. The maximum atomic E-state index is 12.4. The Bertz CT molecular complexity index is 561. The van der Waals surface area contributed by atoms with Gasteiger partial charge in [-0.1, -0.05) is 18.2 Å². The van der Waals surface area contributed by atoms with Crippen molar-refractivity contribution >= 4 is 11.8 Å². The summed E-state index contributed by atoms with van der Waals surface area (Å²) in [5.41, 5.74) is 0. The molecule has 3 atom stereocenters. The van der Waals surface area contributed by atoms with E-state index in [0.29, 0.717) is 31.3 Å². The first-order valence-electron chi connectivity index (χ1n) is 8.33. The fourth-order valence-corrected chi connectivity index (χ4v) is 3.70. The summed E-state index contributed by atoms with van der Waals surface area (Å²) < 4.78 is 5.60. The summed E-state index contributed by atoms with van der Waals surface area (Å²) in [7, 11) is 1.88. The Morgan fingerprint density at radius 1 is 1.26 bits per heavy atom. The number of para-hydroxylation sites is 1. The molecule has 1 heterocycles. The summed E-state index contributed by atoms with van der Waals surface area (Å²) in [5, 5.41) is 2.93. The minimum Gasteiger partial charge on any atom is -0.493 e. The van der Waals surface area contributed by atoms with Crippen molar-refractivity contribution in [1.82, 2.24) is 10.2 Å². The van der Waals surface area contributed by atoms with Crippen molar-refractivity contribution in [3.8, 4) is 5.75 Å². The molecule has 1 aliphatic heterocycles. The number of ether oxygens (including phenoxy) is 1. The molecule has 124 valence electrons. The highest BCUT2D eigenvalue weighted by molar-refractivity contribution is 5.78. The number of hydrogen-bond acceptors (Lipinski definition) is 3. The number of rotatable bonds is 5. The van der Waals surface area contributed by atoms with Gasteiger partial charge in [-0.3, -0.25) is 9.59 Å². The van der Waals surface area contributed by atoms with Crippen LogP contribution in [0.5, 0.6) is 5.75 Å². The molecule has 5 heteroatoms. The van der Waals surface area contributed by atoms with Crippen molar-refractivity contribution in [2.45, 2.75) is 31.7 Å². The first-order chi connectivity index (χ1) is 11.1. The quantitative estimate of drug-likeness (QED) is 0.901. The highest BCUT2D eigenvalue weighted by Gasteiger charge is 2.40. The molecule has 2 amide bonds. The molecular formula is C18H24N2O3. The second kappa shape index (κ2) is 7.02. The first kappa shape index (κ1) is 15.8. The monoisotopic (exact) mass is 316 g/mol. The molecule has 1 N–H and O–H groups in total. The molecule has 1 saturated heterocycles. The Hall–Kier alpha value is -2.04. The van der Waals surface area contributed by atoms with Gasteiger partial charge in [0, 0.05) is 26.1 Å². The number of piperidine rings is 1. The SMILES string of the molecule is CN(C(=O)CCOc1ccccc1)[C@H]1C[C@H]2CC(=O)NC[C@H]2C1. The standard InChI is InChI=1S/C18H24N2O3/c1-20(15-9-13-11-17(21)19-12-14(13)10-15)18(22)7-8-23-16-5-3-2-4-6-16/h2-6,13-15H,7-12H2,1H3,(H,19,21)/t13-,14+,15-/m0/s1. The van der Waals surface area contributed by atoms with E-state index in [2.05, 4.69) is 5.32 Å². The van der Waals surface area contributed by atoms with Gasteiger partial charge in [0.05, 0.1) is 13.0 Å². The maximum absolute atomic E-state index is 12.4. The zero-order chi connectivity index (χ0) is 16.2. The van der Waals surface area contributed by atoms with E-state index < -0.39 is 0 Å². The summed E-state index contributed by atoms with van der Waals surface area (Å²) >= 11 is 0. The number of benzene rings is 1. The fourth-order valence-electron chi connectivity index (χ4n) is 3.70. The number of nitrogens with zero attached hydrogens (tertiary/aromatic N) is 1. The molecule has 1 saturated carbocycles. The third-order valence-corrected chi connectivity index (χ3v) is 5.09. The van der Waals surface area contributed by atoms with Gasteiger partial charge >= 0.3 is 0 Å². The molecule has 1 aromatic carbocycles. The van der Waals surface area contributed by atoms with Gasteiger partial charge in [0.1, 0.15) is 5.75 Å². The average Bonchev–Trinajstić information content (AvgIpc) is 2.98. The lowest BCUT2D eigenvalue weighted by Crippen LogP contribution is -2.38. The van der Waals surface area contributed by atoms with Crippen molar-refractivity contribution in [3.63, 3.8) is 0 Å². The van der Waals surface area contributed by atoms with Gasteiger partial charge in [0.15, 0.2) is 0 Å². The Morgan fingerprint density at radius 2 is 2.00 bits per heavy atom. The lowest BCUT2D eigenvalue weighted by atomic mass is 9.89. The van der Waals surface area contributed by atoms with Crippen LogP contribution >= 0.6 is 0 Å². The molecule has 5 nitrogen and oxygen atoms in total. The molecular weight excluding hydrogens is 292 g/mol. The maximum Gasteiger partial charge on any atom is 0.225 e. The van der Waals surface area contributed by atoms with Crippen molar-refractivity contribution in [1.29, 1.82) is 0 Å². The zero-order valence-corrected chi connectivity index (χ0v) is 13.5. The van der Waals surface area contributed by atoms with Crippen molar-refractivity contribution < 1.29 is 14.3 Å². The van der Waals surface area contributed by atoms with Gasteiger partial charge in [0.2, 0.25) is 11.8 Å².